The van der Waals surface area contributed by atoms with Crippen LogP contribution in [0, 0.1) is 13.8 Å². The Bertz CT molecular complexity index is 659. The maximum atomic E-state index is 12.4. The molecule has 6 heteroatoms. The smallest absolute Gasteiger partial charge is 0.244 e. The molecular weight excluding hydrogens is 290 g/mol. The second-order valence-corrected chi connectivity index (χ2v) is 6.10. The number of hydrogen-bond acceptors (Lipinski definition) is 4. The summed E-state index contributed by atoms with van der Waals surface area (Å²) in [5, 5.41) is 4.37. The van der Waals surface area contributed by atoms with Gasteiger partial charge in [-0.25, -0.2) is 0 Å². The Morgan fingerprint density at radius 2 is 2.00 bits per heavy atom. The van der Waals surface area contributed by atoms with Crippen molar-refractivity contribution in [2.75, 3.05) is 26.2 Å². The van der Waals surface area contributed by atoms with Crippen LogP contribution < -0.4 is 0 Å². The van der Waals surface area contributed by atoms with Crippen LogP contribution in [0.2, 0.25) is 0 Å². The molecule has 122 valence electrons. The molecule has 3 heterocycles. The molecule has 3 rings (SSSR count). The number of carbonyl (C=O) groups excluding carboxylic acids is 1. The van der Waals surface area contributed by atoms with Gasteiger partial charge in [0, 0.05) is 50.8 Å². The lowest BCUT2D eigenvalue weighted by molar-refractivity contribution is -0.133. The van der Waals surface area contributed by atoms with E-state index in [0.29, 0.717) is 6.54 Å². The van der Waals surface area contributed by atoms with Crippen LogP contribution in [0.15, 0.2) is 30.6 Å². The number of aromatic nitrogens is 3. The maximum absolute atomic E-state index is 12.4. The first kappa shape index (κ1) is 15.7. The molecule has 1 fully saturated rings. The highest BCUT2D eigenvalue weighted by Gasteiger charge is 2.21. The fourth-order valence-electron chi connectivity index (χ4n) is 2.97. The highest BCUT2D eigenvalue weighted by atomic mass is 16.2. The molecule has 0 bridgehead atoms. The van der Waals surface area contributed by atoms with Gasteiger partial charge in [-0.2, -0.15) is 5.10 Å². The number of aryl methyl sites for hydroxylation is 2. The molecular formula is C17H23N5O. The number of nitrogens with zero attached hydrogens (tertiary/aromatic N) is 5. The van der Waals surface area contributed by atoms with Gasteiger partial charge in [-0.3, -0.25) is 19.4 Å². The topological polar surface area (TPSA) is 54.3 Å². The van der Waals surface area contributed by atoms with E-state index in [4.69, 9.17) is 0 Å². The molecule has 1 aliphatic rings. The summed E-state index contributed by atoms with van der Waals surface area (Å²) in [6.45, 7) is 8.52. The average Bonchev–Trinajstić information content (AvgIpc) is 2.86. The largest absolute Gasteiger partial charge is 0.339 e. The van der Waals surface area contributed by atoms with Crippen molar-refractivity contribution >= 4 is 5.91 Å². The molecule has 0 atom stereocenters. The number of rotatable bonds is 4. The van der Waals surface area contributed by atoms with Crippen LogP contribution >= 0.6 is 0 Å². The van der Waals surface area contributed by atoms with E-state index in [9.17, 15) is 4.79 Å². The van der Waals surface area contributed by atoms with Crippen molar-refractivity contribution in [2.24, 2.45) is 0 Å². The van der Waals surface area contributed by atoms with Crippen LogP contribution in [0.3, 0.4) is 0 Å². The Morgan fingerprint density at radius 1 is 1.22 bits per heavy atom. The third-order valence-electron chi connectivity index (χ3n) is 4.24. The summed E-state index contributed by atoms with van der Waals surface area (Å²) in [6, 6.07) is 6.05. The van der Waals surface area contributed by atoms with Gasteiger partial charge in [0.1, 0.15) is 6.54 Å². The second kappa shape index (κ2) is 6.91. The maximum Gasteiger partial charge on any atom is 0.244 e. The van der Waals surface area contributed by atoms with E-state index in [1.165, 1.54) is 5.56 Å². The number of pyridine rings is 1. The van der Waals surface area contributed by atoms with E-state index in [0.717, 1.165) is 44.1 Å². The van der Waals surface area contributed by atoms with Crippen molar-refractivity contribution in [3.05, 3.63) is 47.5 Å². The van der Waals surface area contributed by atoms with Gasteiger partial charge in [0.15, 0.2) is 0 Å². The van der Waals surface area contributed by atoms with Crippen molar-refractivity contribution < 1.29 is 4.79 Å². The van der Waals surface area contributed by atoms with Crippen molar-refractivity contribution in [3.63, 3.8) is 0 Å². The molecule has 0 N–H and O–H groups in total. The Morgan fingerprint density at radius 3 is 2.61 bits per heavy atom. The third-order valence-corrected chi connectivity index (χ3v) is 4.24. The van der Waals surface area contributed by atoms with Gasteiger partial charge >= 0.3 is 0 Å². The van der Waals surface area contributed by atoms with E-state index in [2.05, 4.69) is 21.0 Å². The lowest BCUT2D eigenvalue weighted by atomic mass is 10.2. The minimum Gasteiger partial charge on any atom is -0.339 e. The van der Waals surface area contributed by atoms with Crippen LogP contribution in [-0.2, 0) is 17.9 Å². The number of amides is 1. The second-order valence-electron chi connectivity index (χ2n) is 6.10. The molecule has 2 aromatic heterocycles. The highest BCUT2D eigenvalue weighted by molar-refractivity contribution is 5.76. The molecule has 1 saturated heterocycles. The molecule has 2 aromatic rings. The van der Waals surface area contributed by atoms with Crippen molar-refractivity contribution in [1.82, 2.24) is 24.6 Å². The zero-order valence-electron chi connectivity index (χ0n) is 13.8. The summed E-state index contributed by atoms with van der Waals surface area (Å²) in [4.78, 5) is 20.9. The van der Waals surface area contributed by atoms with E-state index in [1.54, 1.807) is 10.9 Å². The SMILES string of the molecule is Cc1cc(C)n(CC(=O)N2CCN(Cc3cccnc3)CC2)n1. The molecule has 1 amide bonds. The summed E-state index contributed by atoms with van der Waals surface area (Å²) < 4.78 is 1.79. The van der Waals surface area contributed by atoms with E-state index in [1.807, 2.05) is 37.1 Å². The lowest BCUT2D eigenvalue weighted by Gasteiger charge is -2.34. The predicted molar refractivity (Wildman–Crippen MR) is 87.8 cm³/mol. The van der Waals surface area contributed by atoms with Gasteiger partial charge in [0.25, 0.3) is 0 Å². The quantitative estimate of drug-likeness (QED) is 0.852. The predicted octanol–water partition coefficient (Wildman–Crippen LogP) is 1.24. The van der Waals surface area contributed by atoms with Crippen LogP contribution in [-0.4, -0.2) is 56.7 Å². The third kappa shape index (κ3) is 3.96. The average molecular weight is 313 g/mol. The monoisotopic (exact) mass is 313 g/mol. The van der Waals surface area contributed by atoms with E-state index >= 15 is 0 Å². The molecule has 0 aliphatic carbocycles. The van der Waals surface area contributed by atoms with Crippen molar-refractivity contribution in [1.29, 1.82) is 0 Å². The van der Waals surface area contributed by atoms with E-state index < -0.39 is 0 Å². The van der Waals surface area contributed by atoms with Gasteiger partial charge in [-0.05, 0) is 31.5 Å². The Labute approximate surface area is 136 Å². The van der Waals surface area contributed by atoms with Crippen molar-refractivity contribution in [2.45, 2.75) is 26.9 Å². The summed E-state index contributed by atoms with van der Waals surface area (Å²) in [5.74, 6) is 0.150. The Hall–Kier alpha value is -2.21. The van der Waals surface area contributed by atoms with Gasteiger partial charge < -0.3 is 4.90 Å². The molecule has 1 aliphatic heterocycles. The lowest BCUT2D eigenvalue weighted by Crippen LogP contribution is -2.49. The minimum absolute atomic E-state index is 0.150. The Kier molecular flexibility index (Phi) is 4.71. The summed E-state index contributed by atoms with van der Waals surface area (Å²) in [7, 11) is 0. The first-order valence-corrected chi connectivity index (χ1v) is 8.02. The van der Waals surface area contributed by atoms with E-state index in [-0.39, 0.29) is 5.91 Å². The fraction of sp³-hybridized carbons (Fsp3) is 0.471. The molecule has 0 radical (unpaired) electrons. The molecule has 0 aromatic carbocycles. The molecule has 0 spiro atoms. The summed E-state index contributed by atoms with van der Waals surface area (Å²) in [5.41, 5.74) is 3.21. The molecule has 6 nitrogen and oxygen atoms in total. The van der Waals surface area contributed by atoms with Crippen LogP contribution in [0.5, 0.6) is 0 Å². The summed E-state index contributed by atoms with van der Waals surface area (Å²) in [6.07, 6.45) is 3.69. The van der Waals surface area contributed by atoms with Crippen LogP contribution in [0.25, 0.3) is 0 Å². The normalized spacial score (nSPS) is 15.8. The van der Waals surface area contributed by atoms with Crippen LogP contribution in [0.4, 0.5) is 0 Å². The zero-order valence-corrected chi connectivity index (χ0v) is 13.8. The van der Waals surface area contributed by atoms with Crippen LogP contribution in [0.1, 0.15) is 17.0 Å². The Balaban J connectivity index is 1.50. The zero-order chi connectivity index (χ0) is 16.2. The summed E-state index contributed by atoms with van der Waals surface area (Å²) >= 11 is 0. The fourth-order valence-corrected chi connectivity index (χ4v) is 2.97. The molecule has 0 unspecified atom stereocenters. The van der Waals surface area contributed by atoms with Gasteiger partial charge in [-0.15, -0.1) is 0 Å². The number of hydrogen-bond donors (Lipinski definition) is 0. The number of carbonyl (C=O) groups is 1. The number of piperazine rings is 1. The highest BCUT2D eigenvalue weighted by Crippen LogP contribution is 2.09. The van der Waals surface area contributed by atoms with Crippen molar-refractivity contribution in [3.8, 4) is 0 Å². The first-order chi connectivity index (χ1) is 11.1. The first-order valence-electron chi connectivity index (χ1n) is 8.02. The van der Waals surface area contributed by atoms with Gasteiger partial charge in [0.2, 0.25) is 5.91 Å². The standard InChI is InChI=1S/C17H23N5O/c1-14-10-15(2)22(19-14)13-17(23)21-8-6-20(7-9-21)12-16-4-3-5-18-11-16/h3-5,10-11H,6-9,12-13H2,1-2H3. The van der Waals surface area contributed by atoms with Gasteiger partial charge in [-0.1, -0.05) is 6.07 Å². The molecule has 0 saturated carbocycles. The molecule has 23 heavy (non-hydrogen) atoms. The minimum atomic E-state index is 0.150. The van der Waals surface area contributed by atoms with Gasteiger partial charge in [0.05, 0.1) is 5.69 Å².